The molecule has 21 heavy (non-hydrogen) atoms. The molecule has 0 radical (unpaired) electrons. The summed E-state index contributed by atoms with van der Waals surface area (Å²) >= 11 is 5.73. The minimum atomic E-state index is -0.467. The Kier molecular flexibility index (Phi) is 5.27. The van der Waals surface area contributed by atoms with Gasteiger partial charge < -0.3 is 10.6 Å². The zero-order valence-corrected chi connectivity index (χ0v) is 12.7. The third-order valence-corrected chi connectivity index (χ3v) is 3.05. The number of hydrogen-bond acceptors (Lipinski definition) is 5. The highest BCUT2D eigenvalue weighted by molar-refractivity contribution is 6.31. The highest BCUT2D eigenvalue weighted by Crippen LogP contribution is 2.21. The van der Waals surface area contributed by atoms with Gasteiger partial charge in [0.25, 0.3) is 0 Å². The molecule has 1 aromatic carbocycles. The van der Waals surface area contributed by atoms with Crippen molar-refractivity contribution < 1.29 is 4.39 Å². The summed E-state index contributed by atoms with van der Waals surface area (Å²) in [7, 11) is 0. The lowest BCUT2D eigenvalue weighted by Crippen LogP contribution is -2.08. The van der Waals surface area contributed by atoms with Crippen LogP contribution in [-0.2, 0) is 0 Å². The van der Waals surface area contributed by atoms with Gasteiger partial charge in [-0.25, -0.2) is 4.39 Å². The van der Waals surface area contributed by atoms with Gasteiger partial charge in [-0.2, -0.15) is 10.1 Å². The van der Waals surface area contributed by atoms with E-state index in [-0.39, 0.29) is 5.02 Å². The topological polar surface area (TPSA) is 62.7 Å². The maximum absolute atomic E-state index is 13.1. The fourth-order valence-corrected chi connectivity index (χ4v) is 1.81. The molecule has 7 heteroatoms. The molecule has 112 valence electrons. The molecule has 0 amide bonds. The summed E-state index contributed by atoms with van der Waals surface area (Å²) in [6, 6.07) is 4.31. The van der Waals surface area contributed by atoms with E-state index in [0.717, 1.165) is 13.0 Å². The van der Waals surface area contributed by atoms with Gasteiger partial charge in [0.15, 0.2) is 5.82 Å². The van der Waals surface area contributed by atoms with Gasteiger partial charge in [0.05, 0.1) is 11.2 Å². The summed E-state index contributed by atoms with van der Waals surface area (Å²) in [6.45, 7) is 5.13. The number of halogens is 2. The van der Waals surface area contributed by atoms with E-state index in [2.05, 4.69) is 39.7 Å². The predicted octanol–water partition coefficient (Wildman–Crippen LogP) is 3.87. The predicted molar refractivity (Wildman–Crippen MR) is 82.5 cm³/mol. The largest absolute Gasteiger partial charge is 0.369 e. The van der Waals surface area contributed by atoms with Gasteiger partial charge in [0, 0.05) is 12.2 Å². The fraction of sp³-hybridized carbons (Fsp3) is 0.357. The van der Waals surface area contributed by atoms with E-state index in [9.17, 15) is 4.39 Å². The average molecular weight is 310 g/mol. The Balaban J connectivity index is 2.01. The van der Waals surface area contributed by atoms with Crippen molar-refractivity contribution in [2.24, 2.45) is 5.92 Å². The number of rotatable bonds is 6. The second-order valence-electron chi connectivity index (χ2n) is 5.03. The fourth-order valence-electron chi connectivity index (χ4n) is 1.63. The number of aromatic nitrogens is 3. The first kappa shape index (κ1) is 15.4. The van der Waals surface area contributed by atoms with Crippen molar-refractivity contribution in [1.29, 1.82) is 0 Å². The van der Waals surface area contributed by atoms with Crippen LogP contribution in [0.15, 0.2) is 24.4 Å². The number of nitrogens with zero attached hydrogens (tertiary/aromatic N) is 3. The van der Waals surface area contributed by atoms with Gasteiger partial charge in [0.2, 0.25) is 5.95 Å². The van der Waals surface area contributed by atoms with E-state index in [1.807, 2.05) is 0 Å². The smallest absolute Gasteiger partial charge is 0.249 e. The Morgan fingerprint density at radius 2 is 2.14 bits per heavy atom. The molecule has 2 aromatic rings. The van der Waals surface area contributed by atoms with E-state index in [1.54, 1.807) is 12.3 Å². The summed E-state index contributed by atoms with van der Waals surface area (Å²) in [4.78, 5) is 4.28. The van der Waals surface area contributed by atoms with Crippen LogP contribution in [0, 0.1) is 11.7 Å². The molecule has 0 atom stereocenters. The van der Waals surface area contributed by atoms with Gasteiger partial charge in [-0.05, 0) is 30.5 Å². The first-order chi connectivity index (χ1) is 10.0. The zero-order chi connectivity index (χ0) is 15.2. The van der Waals surface area contributed by atoms with E-state index in [1.165, 1.54) is 12.1 Å². The van der Waals surface area contributed by atoms with Crippen LogP contribution in [0.4, 0.5) is 21.8 Å². The van der Waals surface area contributed by atoms with Crippen LogP contribution < -0.4 is 10.6 Å². The third kappa shape index (κ3) is 4.82. The molecule has 5 nitrogen and oxygen atoms in total. The third-order valence-electron chi connectivity index (χ3n) is 2.76. The second-order valence-corrected chi connectivity index (χ2v) is 5.44. The van der Waals surface area contributed by atoms with Crippen molar-refractivity contribution in [3.05, 3.63) is 35.2 Å². The minimum absolute atomic E-state index is 0.0409. The molecular weight excluding hydrogens is 293 g/mol. The Morgan fingerprint density at radius 1 is 1.33 bits per heavy atom. The molecule has 0 aliphatic carbocycles. The number of hydrogen-bond donors (Lipinski definition) is 2. The normalized spacial score (nSPS) is 10.7. The molecule has 0 bridgehead atoms. The van der Waals surface area contributed by atoms with Crippen molar-refractivity contribution in [1.82, 2.24) is 15.2 Å². The van der Waals surface area contributed by atoms with Crippen molar-refractivity contribution in [2.45, 2.75) is 20.3 Å². The first-order valence-corrected chi connectivity index (χ1v) is 7.08. The molecule has 2 N–H and O–H groups in total. The van der Waals surface area contributed by atoms with Crippen LogP contribution in [0.3, 0.4) is 0 Å². The molecule has 0 saturated carbocycles. The quantitative estimate of drug-likeness (QED) is 0.848. The summed E-state index contributed by atoms with van der Waals surface area (Å²) in [5, 5.41) is 13.9. The summed E-state index contributed by atoms with van der Waals surface area (Å²) in [6.07, 6.45) is 2.60. The number of anilines is 3. The lowest BCUT2D eigenvalue weighted by Gasteiger charge is -2.09. The van der Waals surface area contributed by atoms with Crippen LogP contribution >= 0.6 is 11.6 Å². The van der Waals surface area contributed by atoms with Crippen LogP contribution in [0.1, 0.15) is 20.3 Å². The van der Waals surface area contributed by atoms with E-state index in [4.69, 9.17) is 11.6 Å². The highest BCUT2D eigenvalue weighted by Gasteiger charge is 2.04. The van der Waals surface area contributed by atoms with Crippen LogP contribution in [0.2, 0.25) is 5.02 Å². The molecule has 0 aliphatic heterocycles. The molecule has 0 saturated heterocycles. The molecule has 0 unspecified atom stereocenters. The summed E-state index contributed by atoms with van der Waals surface area (Å²) in [5.41, 5.74) is 0.600. The van der Waals surface area contributed by atoms with Crippen LogP contribution in [-0.4, -0.2) is 21.7 Å². The van der Waals surface area contributed by atoms with Crippen molar-refractivity contribution in [2.75, 3.05) is 17.2 Å². The Labute approximate surface area is 128 Å². The van der Waals surface area contributed by atoms with Crippen molar-refractivity contribution in [3.63, 3.8) is 0 Å². The van der Waals surface area contributed by atoms with Crippen molar-refractivity contribution >= 4 is 29.1 Å². The molecular formula is C14H17ClFN5. The van der Waals surface area contributed by atoms with E-state index in [0.29, 0.717) is 23.4 Å². The SMILES string of the molecule is CC(C)CCNc1cnnc(Nc2ccc(F)c(Cl)c2)n1. The maximum atomic E-state index is 13.1. The van der Waals surface area contributed by atoms with Gasteiger partial charge >= 0.3 is 0 Å². The average Bonchev–Trinajstić information content (AvgIpc) is 2.43. The van der Waals surface area contributed by atoms with Gasteiger partial charge in [-0.15, -0.1) is 5.10 Å². The number of nitrogens with one attached hydrogen (secondary N) is 2. The van der Waals surface area contributed by atoms with E-state index < -0.39 is 5.82 Å². The second kappa shape index (κ2) is 7.17. The molecule has 2 rings (SSSR count). The maximum Gasteiger partial charge on any atom is 0.249 e. The van der Waals surface area contributed by atoms with Crippen molar-refractivity contribution in [3.8, 4) is 0 Å². The molecule has 0 aliphatic rings. The van der Waals surface area contributed by atoms with Gasteiger partial charge in [0.1, 0.15) is 5.82 Å². The first-order valence-electron chi connectivity index (χ1n) is 6.70. The van der Waals surface area contributed by atoms with Gasteiger partial charge in [-0.1, -0.05) is 25.4 Å². The monoisotopic (exact) mass is 309 g/mol. The Bertz CT molecular complexity index is 606. The summed E-state index contributed by atoms with van der Waals surface area (Å²) in [5.74, 6) is 1.12. The molecule has 1 aromatic heterocycles. The lowest BCUT2D eigenvalue weighted by atomic mass is 10.1. The lowest BCUT2D eigenvalue weighted by molar-refractivity contribution is 0.606. The Morgan fingerprint density at radius 3 is 2.86 bits per heavy atom. The molecule has 0 spiro atoms. The molecule has 0 fully saturated rings. The highest BCUT2D eigenvalue weighted by atomic mass is 35.5. The molecule has 1 heterocycles. The zero-order valence-electron chi connectivity index (χ0n) is 11.9. The van der Waals surface area contributed by atoms with Crippen LogP contribution in [0.5, 0.6) is 0 Å². The van der Waals surface area contributed by atoms with Crippen LogP contribution in [0.25, 0.3) is 0 Å². The van der Waals surface area contributed by atoms with Gasteiger partial charge in [-0.3, -0.25) is 0 Å². The standard InChI is InChI=1S/C14H17ClFN5/c1-9(2)5-6-17-13-8-18-21-14(20-13)19-10-3-4-12(16)11(15)7-10/h3-4,7-9H,5-6H2,1-2H3,(H2,17,19,20,21). The number of benzene rings is 1. The minimum Gasteiger partial charge on any atom is -0.369 e. The summed E-state index contributed by atoms with van der Waals surface area (Å²) < 4.78 is 13.1. The van der Waals surface area contributed by atoms with E-state index >= 15 is 0 Å². The Hall–Kier alpha value is -1.95.